The van der Waals surface area contributed by atoms with Crippen molar-refractivity contribution in [3.63, 3.8) is 0 Å². The summed E-state index contributed by atoms with van der Waals surface area (Å²) in [5, 5.41) is 3.39. The van der Waals surface area contributed by atoms with Crippen molar-refractivity contribution in [2.45, 2.75) is 25.7 Å². The number of benzene rings is 1. The first-order valence-corrected chi connectivity index (χ1v) is 14.1. The molecule has 1 unspecified atom stereocenters. The summed E-state index contributed by atoms with van der Waals surface area (Å²) in [6.45, 7) is 4.66. The van der Waals surface area contributed by atoms with E-state index in [1.807, 2.05) is 9.80 Å². The molecule has 2 atom stereocenters. The average molecular weight is 569 g/mol. The van der Waals surface area contributed by atoms with Crippen LogP contribution in [0.3, 0.4) is 0 Å². The number of imidazole rings is 1. The lowest BCUT2D eigenvalue weighted by molar-refractivity contribution is -0.143. The predicted molar refractivity (Wildman–Crippen MR) is 148 cm³/mol. The van der Waals surface area contributed by atoms with Crippen molar-refractivity contribution >= 4 is 34.6 Å². The number of para-hydroxylation sites is 2. The van der Waals surface area contributed by atoms with Gasteiger partial charge in [0, 0.05) is 64.7 Å². The van der Waals surface area contributed by atoms with Crippen LogP contribution in [0.4, 0.5) is 20.5 Å². The molecule has 2 aromatic heterocycles. The fourth-order valence-electron chi connectivity index (χ4n) is 5.82. The molecular weight excluding hydrogens is 534 g/mol. The van der Waals surface area contributed by atoms with Gasteiger partial charge in [-0.2, -0.15) is 9.97 Å². The lowest BCUT2D eigenvalue weighted by Crippen LogP contribution is -2.43. The van der Waals surface area contributed by atoms with E-state index in [9.17, 15) is 18.4 Å². The summed E-state index contributed by atoms with van der Waals surface area (Å²) in [5.74, 6) is 0.894. The van der Waals surface area contributed by atoms with Crippen molar-refractivity contribution in [3.05, 3.63) is 36.2 Å². The summed E-state index contributed by atoms with van der Waals surface area (Å²) in [5.41, 5.74) is 1.00. The quantitative estimate of drug-likeness (QED) is 0.464. The third kappa shape index (κ3) is 5.67. The van der Waals surface area contributed by atoms with Gasteiger partial charge in [-0.15, -0.1) is 0 Å². The molecular formula is C28H34F2N8O3. The van der Waals surface area contributed by atoms with Gasteiger partial charge in [-0.05, 0) is 30.9 Å². The van der Waals surface area contributed by atoms with E-state index >= 15 is 0 Å². The number of nitrogens with zero attached hydrogens (tertiary/aromatic N) is 7. The third-order valence-electron chi connectivity index (χ3n) is 8.18. The molecule has 1 aromatic carbocycles. The number of hydrogen-bond donors (Lipinski definition) is 1. The van der Waals surface area contributed by atoms with E-state index in [2.05, 4.69) is 10.3 Å². The number of piperidine rings is 1. The van der Waals surface area contributed by atoms with Gasteiger partial charge in [-0.3, -0.25) is 14.2 Å². The van der Waals surface area contributed by atoms with E-state index in [1.54, 1.807) is 42.3 Å². The van der Waals surface area contributed by atoms with E-state index in [-0.39, 0.29) is 35.9 Å². The Hall–Kier alpha value is -3.87. The second-order valence-electron chi connectivity index (χ2n) is 10.9. The Morgan fingerprint density at radius 2 is 1.90 bits per heavy atom. The summed E-state index contributed by atoms with van der Waals surface area (Å²) in [6.07, 6.45) is -0.998. The maximum Gasteiger partial charge on any atom is 0.296 e. The van der Waals surface area contributed by atoms with Crippen molar-refractivity contribution in [2.24, 2.45) is 11.8 Å². The fraction of sp³-hybridized carbons (Fsp3) is 0.536. The van der Waals surface area contributed by atoms with Gasteiger partial charge in [0.15, 0.2) is 5.82 Å². The predicted octanol–water partition coefficient (Wildman–Crippen LogP) is 2.72. The zero-order valence-electron chi connectivity index (χ0n) is 23.0. The molecule has 13 heteroatoms. The van der Waals surface area contributed by atoms with E-state index in [1.165, 1.54) is 4.57 Å². The molecule has 0 saturated carbocycles. The Morgan fingerprint density at radius 3 is 2.68 bits per heavy atom. The number of halogens is 2. The van der Waals surface area contributed by atoms with Crippen LogP contribution in [-0.2, 0) is 14.3 Å². The zero-order chi connectivity index (χ0) is 28.5. The van der Waals surface area contributed by atoms with Crippen LogP contribution < -0.4 is 10.2 Å². The number of carbonyl (C=O) groups is 2. The van der Waals surface area contributed by atoms with Crippen LogP contribution in [0.1, 0.15) is 31.5 Å². The highest BCUT2D eigenvalue weighted by molar-refractivity contribution is 5.87. The van der Waals surface area contributed by atoms with Gasteiger partial charge in [0.05, 0.1) is 24.2 Å². The maximum atomic E-state index is 14.1. The Balaban J connectivity index is 1.22. The van der Waals surface area contributed by atoms with E-state index in [0.717, 1.165) is 6.42 Å². The van der Waals surface area contributed by atoms with Crippen molar-refractivity contribution in [2.75, 3.05) is 69.7 Å². The molecule has 0 bridgehead atoms. The van der Waals surface area contributed by atoms with Gasteiger partial charge in [0.1, 0.15) is 11.6 Å². The number of anilines is 2. The van der Waals surface area contributed by atoms with Gasteiger partial charge < -0.3 is 24.8 Å². The molecule has 3 fully saturated rings. The van der Waals surface area contributed by atoms with Gasteiger partial charge in [-0.25, -0.2) is 13.8 Å². The summed E-state index contributed by atoms with van der Waals surface area (Å²) in [6, 6.07) is 8.68. The van der Waals surface area contributed by atoms with E-state index < -0.39 is 6.43 Å². The van der Waals surface area contributed by atoms with Crippen LogP contribution in [0.15, 0.2) is 30.3 Å². The summed E-state index contributed by atoms with van der Waals surface area (Å²) < 4.78 is 35.1. The van der Waals surface area contributed by atoms with Crippen LogP contribution in [0.5, 0.6) is 0 Å². The van der Waals surface area contributed by atoms with Gasteiger partial charge in [-0.1, -0.05) is 12.1 Å². The number of hydrogen-bond acceptors (Lipinski definition) is 8. The topological polar surface area (TPSA) is 109 Å². The molecule has 0 radical (unpaired) electrons. The van der Waals surface area contributed by atoms with Crippen LogP contribution in [0, 0.1) is 11.8 Å². The largest absolute Gasteiger partial charge is 0.378 e. The zero-order valence-corrected chi connectivity index (χ0v) is 23.0. The van der Waals surface area contributed by atoms with E-state index in [0.29, 0.717) is 87.5 Å². The number of rotatable bonds is 7. The highest BCUT2D eigenvalue weighted by Gasteiger charge is 2.35. The highest BCUT2D eigenvalue weighted by atomic mass is 19.3. The molecule has 1 N–H and O–H groups in total. The first kappa shape index (κ1) is 27.3. The number of ether oxygens (including phenoxy) is 1. The lowest BCUT2D eigenvalue weighted by Gasteiger charge is -2.30. The number of amides is 2. The SMILES string of the molecule is CN1CCC(C(=O)N2CC[C@H](CNc3cc(-n4c(C(F)F)nc5ccccc54)nc(N4CCOCC4)n3)C2)CC1=O. The van der Waals surface area contributed by atoms with Crippen LogP contribution in [0.25, 0.3) is 16.9 Å². The molecule has 3 aliphatic heterocycles. The minimum Gasteiger partial charge on any atom is -0.378 e. The van der Waals surface area contributed by atoms with Crippen LogP contribution in [-0.4, -0.2) is 101 Å². The normalized spacial score (nSPS) is 21.8. The minimum absolute atomic E-state index is 0.0170. The number of fused-ring (bicyclic) bond motifs is 1. The molecule has 2 amide bonds. The van der Waals surface area contributed by atoms with Crippen molar-refractivity contribution in [1.29, 1.82) is 0 Å². The number of likely N-dealkylation sites (tertiary alicyclic amines) is 2. The summed E-state index contributed by atoms with van der Waals surface area (Å²) in [7, 11) is 1.77. The first-order valence-electron chi connectivity index (χ1n) is 14.1. The molecule has 3 aliphatic rings. The smallest absolute Gasteiger partial charge is 0.296 e. The molecule has 6 rings (SSSR count). The molecule has 218 valence electrons. The Labute approximate surface area is 236 Å². The number of aromatic nitrogens is 4. The third-order valence-corrected chi connectivity index (χ3v) is 8.18. The lowest BCUT2D eigenvalue weighted by atomic mass is 9.95. The summed E-state index contributed by atoms with van der Waals surface area (Å²) in [4.78, 5) is 44.3. The van der Waals surface area contributed by atoms with Gasteiger partial charge >= 0.3 is 0 Å². The first-order chi connectivity index (χ1) is 19.9. The number of alkyl halides is 2. The molecule has 0 aliphatic carbocycles. The van der Waals surface area contributed by atoms with E-state index in [4.69, 9.17) is 14.7 Å². The number of nitrogens with one attached hydrogen (secondary N) is 1. The number of morpholine rings is 1. The molecule has 11 nitrogen and oxygen atoms in total. The second kappa shape index (κ2) is 11.6. The van der Waals surface area contributed by atoms with Gasteiger partial charge in [0.25, 0.3) is 6.43 Å². The van der Waals surface area contributed by atoms with Gasteiger partial charge in [0.2, 0.25) is 17.8 Å². The summed E-state index contributed by atoms with van der Waals surface area (Å²) >= 11 is 0. The van der Waals surface area contributed by atoms with Crippen molar-refractivity contribution in [3.8, 4) is 5.82 Å². The van der Waals surface area contributed by atoms with Crippen molar-refractivity contribution in [1.82, 2.24) is 29.3 Å². The Kier molecular flexibility index (Phi) is 7.69. The molecule has 0 spiro atoms. The average Bonchev–Trinajstić information content (AvgIpc) is 3.63. The minimum atomic E-state index is -2.79. The Morgan fingerprint density at radius 1 is 1.10 bits per heavy atom. The molecule has 41 heavy (non-hydrogen) atoms. The molecule has 5 heterocycles. The van der Waals surface area contributed by atoms with Crippen LogP contribution in [0.2, 0.25) is 0 Å². The molecule has 3 aromatic rings. The standard InChI is InChI=1S/C28H34F2N8O3/c1-35-8-7-19(14-24(35)39)27(40)37-9-6-18(17-37)16-31-22-15-23(34-28(33-22)36-10-12-41-13-11-36)38-21-5-3-2-4-20(21)32-26(38)25(29)30/h2-5,15,18-19,25H,6-14,16-17H2,1H3,(H,31,33,34)/t18-,19?/m1/s1. The fourth-order valence-corrected chi connectivity index (χ4v) is 5.82. The molecule has 3 saturated heterocycles. The Bertz CT molecular complexity index is 1430. The van der Waals surface area contributed by atoms with Crippen molar-refractivity contribution < 1.29 is 23.1 Å². The number of carbonyl (C=O) groups excluding carboxylic acids is 2. The highest BCUT2D eigenvalue weighted by Crippen LogP contribution is 2.30. The van der Waals surface area contributed by atoms with Crippen LogP contribution >= 0.6 is 0 Å². The second-order valence-corrected chi connectivity index (χ2v) is 10.9. The monoisotopic (exact) mass is 568 g/mol. The maximum absolute atomic E-state index is 14.1.